The number of hydrogen-bond acceptors (Lipinski definition) is 8. The van der Waals surface area contributed by atoms with Crippen LogP contribution in [0, 0.1) is 0 Å². The third kappa shape index (κ3) is 3.47. The van der Waals surface area contributed by atoms with Gasteiger partial charge in [0, 0.05) is 29.3 Å². The molecular formula is C19H14N4O4S2. The number of carbonyl (C=O) groups is 2. The average Bonchev–Trinajstić information content (AvgIpc) is 3.53. The molecular weight excluding hydrogens is 412 g/mol. The van der Waals surface area contributed by atoms with E-state index in [1.807, 2.05) is 5.38 Å². The van der Waals surface area contributed by atoms with Crippen molar-refractivity contribution in [2.24, 2.45) is 0 Å². The van der Waals surface area contributed by atoms with Gasteiger partial charge >= 0.3 is 0 Å². The number of hydrogen-bond donors (Lipinski definition) is 1. The van der Waals surface area contributed by atoms with Gasteiger partial charge in [0.2, 0.25) is 5.76 Å². The number of fused-ring (bicyclic) bond motifs is 1. The Morgan fingerprint density at radius 3 is 2.97 bits per heavy atom. The number of aromatic nitrogens is 2. The van der Waals surface area contributed by atoms with E-state index in [2.05, 4.69) is 15.5 Å². The number of thiophene rings is 1. The molecule has 0 atom stereocenters. The summed E-state index contributed by atoms with van der Waals surface area (Å²) < 4.78 is 10.5. The smallest absolute Gasteiger partial charge is 0.276 e. The van der Waals surface area contributed by atoms with Gasteiger partial charge in [0.25, 0.3) is 11.8 Å². The Labute approximate surface area is 172 Å². The molecule has 0 bridgehead atoms. The van der Waals surface area contributed by atoms with Gasteiger partial charge in [-0.25, -0.2) is 4.98 Å². The molecule has 1 aliphatic heterocycles. The fourth-order valence-electron chi connectivity index (χ4n) is 3.06. The highest BCUT2D eigenvalue weighted by Crippen LogP contribution is 2.30. The minimum absolute atomic E-state index is 0.182. The van der Waals surface area contributed by atoms with Crippen molar-refractivity contribution in [3.05, 3.63) is 63.1 Å². The first-order chi connectivity index (χ1) is 14.2. The van der Waals surface area contributed by atoms with Crippen molar-refractivity contribution >= 4 is 39.6 Å². The van der Waals surface area contributed by atoms with Crippen LogP contribution in [0.4, 0.5) is 5.13 Å². The van der Waals surface area contributed by atoms with Crippen molar-refractivity contribution in [1.29, 1.82) is 0 Å². The minimum atomic E-state index is -0.213. The van der Waals surface area contributed by atoms with E-state index in [0.717, 1.165) is 10.6 Å². The molecule has 1 aliphatic rings. The lowest BCUT2D eigenvalue weighted by Gasteiger charge is -2.25. The first kappa shape index (κ1) is 17.8. The second-order valence-electron chi connectivity index (χ2n) is 6.39. The molecule has 0 saturated carbocycles. The number of rotatable bonds is 4. The Hall–Kier alpha value is -3.24. The van der Waals surface area contributed by atoms with Gasteiger partial charge in [-0.15, -0.1) is 0 Å². The minimum Gasteiger partial charge on any atom is -0.461 e. The SMILES string of the molecule is O=C(Nc1nc2c(s1)CN(C(=O)c1cc(-c3ccco3)on1)CC2)c1ccsc1. The lowest BCUT2D eigenvalue weighted by Crippen LogP contribution is -2.35. The molecule has 0 aliphatic carbocycles. The Kier molecular flexibility index (Phi) is 4.49. The van der Waals surface area contributed by atoms with Gasteiger partial charge in [-0.3, -0.25) is 14.9 Å². The van der Waals surface area contributed by atoms with Crippen LogP contribution in [0.3, 0.4) is 0 Å². The molecule has 146 valence electrons. The quantitative estimate of drug-likeness (QED) is 0.531. The maximum Gasteiger partial charge on any atom is 0.276 e. The molecule has 0 spiro atoms. The second kappa shape index (κ2) is 7.30. The third-order valence-electron chi connectivity index (χ3n) is 4.52. The predicted molar refractivity (Wildman–Crippen MR) is 107 cm³/mol. The summed E-state index contributed by atoms with van der Waals surface area (Å²) in [6.45, 7) is 0.944. The summed E-state index contributed by atoms with van der Waals surface area (Å²) in [6, 6.07) is 6.83. The highest BCUT2D eigenvalue weighted by molar-refractivity contribution is 7.16. The van der Waals surface area contributed by atoms with Crippen LogP contribution in [0.2, 0.25) is 0 Å². The first-order valence-corrected chi connectivity index (χ1v) is 10.6. The van der Waals surface area contributed by atoms with Gasteiger partial charge in [-0.2, -0.15) is 11.3 Å². The lowest BCUT2D eigenvalue weighted by atomic mass is 10.1. The van der Waals surface area contributed by atoms with Crippen LogP contribution >= 0.6 is 22.7 Å². The van der Waals surface area contributed by atoms with E-state index < -0.39 is 0 Å². The van der Waals surface area contributed by atoms with Crippen molar-refractivity contribution in [3.63, 3.8) is 0 Å². The van der Waals surface area contributed by atoms with Crippen molar-refractivity contribution in [2.45, 2.75) is 13.0 Å². The summed E-state index contributed by atoms with van der Waals surface area (Å²) >= 11 is 2.85. The van der Waals surface area contributed by atoms with E-state index in [1.165, 1.54) is 28.9 Å². The molecule has 5 heterocycles. The molecule has 0 saturated heterocycles. The normalized spacial score (nSPS) is 13.3. The van der Waals surface area contributed by atoms with Gasteiger partial charge in [0.15, 0.2) is 16.6 Å². The monoisotopic (exact) mass is 426 g/mol. The second-order valence-corrected chi connectivity index (χ2v) is 8.25. The van der Waals surface area contributed by atoms with Crippen LogP contribution in [-0.2, 0) is 13.0 Å². The van der Waals surface area contributed by atoms with Crippen LogP contribution in [0.15, 0.2) is 50.2 Å². The highest BCUT2D eigenvalue weighted by atomic mass is 32.1. The number of thiazole rings is 1. The van der Waals surface area contributed by atoms with Gasteiger partial charge in [0.05, 0.1) is 24.1 Å². The summed E-state index contributed by atoms with van der Waals surface area (Å²) in [5.41, 5.74) is 1.75. The van der Waals surface area contributed by atoms with E-state index >= 15 is 0 Å². The van der Waals surface area contributed by atoms with Crippen LogP contribution in [-0.4, -0.2) is 33.4 Å². The molecule has 4 aromatic heterocycles. The fourth-order valence-corrected chi connectivity index (χ4v) is 4.71. The maximum atomic E-state index is 12.8. The van der Waals surface area contributed by atoms with E-state index in [9.17, 15) is 9.59 Å². The summed E-state index contributed by atoms with van der Waals surface area (Å²) in [5, 5.41) is 10.9. The van der Waals surface area contributed by atoms with Crippen molar-refractivity contribution in [2.75, 3.05) is 11.9 Å². The Morgan fingerprint density at radius 2 is 2.17 bits per heavy atom. The highest BCUT2D eigenvalue weighted by Gasteiger charge is 2.27. The van der Waals surface area contributed by atoms with E-state index in [0.29, 0.717) is 41.7 Å². The van der Waals surface area contributed by atoms with Crippen LogP contribution in [0.1, 0.15) is 31.4 Å². The number of anilines is 1. The van der Waals surface area contributed by atoms with Crippen LogP contribution in [0.5, 0.6) is 0 Å². The number of carbonyl (C=O) groups excluding carboxylic acids is 2. The molecule has 0 radical (unpaired) electrons. The summed E-state index contributed by atoms with van der Waals surface area (Å²) in [5.74, 6) is 0.533. The van der Waals surface area contributed by atoms with Crippen molar-refractivity contribution in [1.82, 2.24) is 15.0 Å². The molecule has 4 aromatic rings. The molecule has 0 fully saturated rings. The summed E-state index contributed by atoms with van der Waals surface area (Å²) in [4.78, 5) is 32.2. The molecule has 29 heavy (non-hydrogen) atoms. The molecule has 10 heteroatoms. The number of nitrogens with one attached hydrogen (secondary N) is 1. The Balaban J connectivity index is 1.29. The van der Waals surface area contributed by atoms with Crippen molar-refractivity contribution < 1.29 is 18.5 Å². The van der Waals surface area contributed by atoms with Crippen LogP contribution < -0.4 is 5.32 Å². The standard InChI is InChI=1S/C19H14N4O4S2/c24-17(11-4-7-28-10-11)21-19-20-12-3-5-23(9-16(12)29-19)18(25)13-8-15(27-22-13)14-2-1-6-26-14/h1-2,4,6-8,10H,3,5,9H2,(H,20,21,24). The van der Waals surface area contributed by atoms with Gasteiger partial charge < -0.3 is 13.8 Å². The Bertz CT molecular complexity index is 1160. The molecule has 8 nitrogen and oxygen atoms in total. The zero-order valence-corrected chi connectivity index (χ0v) is 16.6. The molecule has 5 rings (SSSR count). The van der Waals surface area contributed by atoms with Crippen LogP contribution in [0.25, 0.3) is 11.5 Å². The summed E-state index contributed by atoms with van der Waals surface area (Å²) in [7, 11) is 0. The van der Waals surface area contributed by atoms with E-state index in [-0.39, 0.29) is 17.5 Å². The van der Waals surface area contributed by atoms with Gasteiger partial charge in [-0.1, -0.05) is 16.5 Å². The Morgan fingerprint density at radius 1 is 1.24 bits per heavy atom. The lowest BCUT2D eigenvalue weighted by molar-refractivity contribution is 0.0725. The molecule has 0 unspecified atom stereocenters. The third-order valence-corrected chi connectivity index (χ3v) is 6.20. The fraction of sp³-hybridized carbons (Fsp3) is 0.158. The number of amides is 2. The molecule has 2 amide bonds. The number of nitrogens with zero attached hydrogens (tertiary/aromatic N) is 3. The van der Waals surface area contributed by atoms with E-state index in [4.69, 9.17) is 8.94 Å². The zero-order chi connectivity index (χ0) is 19.8. The maximum absolute atomic E-state index is 12.8. The zero-order valence-electron chi connectivity index (χ0n) is 15.0. The van der Waals surface area contributed by atoms with E-state index in [1.54, 1.807) is 34.5 Å². The predicted octanol–water partition coefficient (Wildman–Crippen LogP) is 3.90. The summed E-state index contributed by atoms with van der Waals surface area (Å²) in [6.07, 6.45) is 2.15. The van der Waals surface area contributed by atoms with Gasteiger partial charge in [0.1, 0.15) is 0 Å². The van der Waals surface area contributed by atoms with Crippen molar-refractivity contribution in [3.8, 4) is 11.5 Å². The average molecular weight is 426 g/mol. The largest absolute Gasteiger partial charge is 0.461 e. The number of furan rings is 1. The topological polar surface area (TPSA) is 101 Å². The first-order valence-electron chi connectivity index (χ1n) is 8.79. The molecule has 1 N–H and O–H groups in total. The van der Waals surface area contributed by atoms with Gasteiger partial charge in [-0.05, 0) is 23.6 Å². The molecule has 0 aromatic carbocycles.